The molecule has 1 aromatic carbocycles. The molecule has 1 aromatic rings. The first-order chi connectivity index (χ1) is 18.3. The normalized spacial score (nSPS) is 16.6. The number of nitrogens with one attached hydrogen (secondary N) is 3. The Bertz CT molecular complexity index is 1090. The summed E-state index contributed by atoms with van der Waals surface area (Å²) in [6.45, 7) is 3.04. The average Bonchev–Trinajstić information content (AvgIpc) is 3.38. The van der Waals surface area contributed by atoms with Crippen molar-refractivity contribution in [2.75, 3.05) is 13.1 Å². The van der Waals surface area contributed by atoms with Crippen molar-refractivity contribution in [1.29, 1.82) is 0 Å². The Morgan fingerprint density at radius 3 is 2.15 bits per heavy atom. The van der Waals surface area contributed by atoms with Crippen LogP contribution in [0.25, 0.3) is 0 Å². The molecule has 1 aliphatic heterocycles. The summed E-state index contributed by atoms with van der Waals surface area (Å²) in [5, 5.41) is 15.8. The molecular weight excluding hydrogens is 525 g/mol. The Morgan fingerprint density at radius 1 is 1.03 bits per heavy atom. The molecule has 0 aromatic heterocycles. The molecular formula is C25H31F3N4O7. The topological polar surface area (TPSA) is 162 Å². The lowest BCUT2D eigenvalue weighted by molar-refractivity contribution is -0.174. The summed E-state index contributed by atoms with van der Waals surface area (Å²) >= 11 is 0. The molecule has 3 atom stereocenters. The van der Waals surface area contributed by atoms with Crippen LogP contribution in [-0.2, 0) is 19.2 Å². The Hall–Kier alpha value is -3.97. The molecule has 1 saturated heterocycles. The fourth-order valence-corrected chi connectivity index (χ4v) is 4.03. The van der Waals surface area contributed by atoms with E-state index in [1.807, 2.05) is 0 Å². The van der Waals surface area contributed by atoms with E-state index in [9.17, 15) is 41.9 Å². The first-order valence-corrected chi connectivity index (χ1v) is 12.4. The number of nitrogens with zero attached hydrogens (tertiary/aromatic N) is 1. The van der Waals surface area contributed by atoms with Gasteiger partial charge in [-0.3, -0.25) is 28.8 Å². The second-order valence-electron chi connectivity index (χ2n) is 9.05. The van der Waals surface area contributed by atoms with E-state index < -0.39 is 59.7 Å². The van der Waals surface area contributed by atoms with Gasteiger partial charge in [0.1, 0.15) is 12.1 Å². The van der Waals surface area contributed by atoms with Gasteiger partial charge in [-0.2, -0.15) is 13.2 Å². The number of likely N-dealkylation sites (tertiary alicyclic amines) is 1. The van der Waals surface area contributed by atoms with E-state index >= 15 is 0 Å². The number of carbonyl (C=O) groups excluding carboxylic acids is 5. The van der Waals surface area contributed by atoms with E-state index in [0.717, 1.165) is 0 Å². The molecule has 2 unspecified atom stereocenters. The zero-order valence-electron chi connectivity index (χ0n) is 21.5. The van der Waals surface area contributed by atoms with Gasteiger partial charge in [-0.1, -0.05) is 6.92 Å². The summed E-state index contributed by atoms with van der Waals surface area (Å²) in [6, 6.07) is 1.59. The molecule has 14 heteroatoms. The second-order valence-corrected chi connectivity index (χ2v) is 9.05. The highest BCUT2D eigenvalue weighted by Gasteiger charge is 2.44. The standard InChI is InChI=1S/C25H31F3N4O7/c1-3-17(20(35)25(26,27)28)31-23(38)18-6-5-13-32(18)24(39)14(2)30-22(37)16-10-8-15(9-11-16)21(36)29-12-4-7-19(33)34/h8-11,14,17-18H,3-7,12-13H2,1-2H3,(H,29,36)(H,30,37)(H,31,38)(H,33,34)/t14?,17?,18-/m0/s1. The predicted molar refractivity (Wildman–Crippen MR) is 131 cm³/mol. The quantitative estimate of drug-likeness (QED) is 0.283. The maximum absolute atomic E-state index is 13.0. The van der Waals surface area contributed by atoms with Crippen molar-refractivity contribution in [1.82, 2.24) is 20.9 Å². The van der Waals surface area contributed by atoms with Gasteiger partial charge in [-0.15, -0.1) is 0 Å². The van der Waals surface area contributed by atoms with Crippen molar-refractivity contribution in [3.05, 3.63) is 35.4 Å². The Balaban J connectivity index is 1.95. The lowest BCUT2D eigenvalue weighted by Gasteiger charge is -2.28. The van der Waals surface area contributed by atoms with Crippen molar-refractivity contribution in [2.24, 2.45) is 0 Å². The van der Waals surface area contributed by atoms with Gasteiger partial charge in [0.2, 0.25) is 11.8 Å². The second kappa shape index (κ2) is 13.7. The number of amides is 4. The fraction of sp³-hybridized carbons (Fsp3) is 0.520. The van der Waals surface area contributed by atoms with Crippen molar-refractivity contribution in [3.8, 4) is 0 Å². The lowest BCUT2D eigenvalue weighted by Crippen LogP contribution is -2.55. The molecule has 4 N–H and O–H groups in total. The smallest absolute Gasteiger partial charge is 0.452 e. The molecule has 0 spiro atoms. The summed E-state index contributed by atoms with van der Waals surface area (Å²) in [7, 11) is 0. The minimum Gasteiger partial charge on any atom is -0.481 e. The number of carboxylic acid groups (broad SMARTS) is 1. The van der Waals surface area contributed by atoms with Gasteiger partial charge in [-0.25, -0.2) is 0 Å². The van der Waals surface area contributed by atoms with Crippen molar-refractivity contribution < 1.29 is 47.0 Å². The van der Waals surface area contributed by atoms with Crippen LogP contribution in [0.1, 0.15) is 66.7 Å². The third-order valence-corrected chi connectivity index (χ3v) is 6.14. The number of ketones is 1. The largest absolute Gasteiger partial charge is 0.481 e. The van der Waals surface area contributed by atoms with Gasteiger partial charge in [0.05, 0.1) is 6.04 Å². The number of halogens is 3. The van der Waals surface area contributed by atoms with Gasteiger partial charge in [-0.05, 0) is 56.9 Å². The Kier molecular flexibility index (Phi) is 11.0. The molecule has 214 valence electrons. The maximum atomic E-state index is 13.0. The number of benzene rings is 1. The molecule has 0 saturated carbocycles. The van der Waals surface area contributed by atoms with Crippen LogP contribution in [0.2, 0.25) is 0 Å². The molecule has 4 amide bonds. The highest BCUT2D eigenvalue weighted by molar-refractivity contribution is 6.00. The van der Waals surface area contributed by atoms with E-state index in [0.29, 0.717) is 6.42 Å². The number of carbonyl (C=O) groups is 6. The minimum absolute atomic E-state index is 0.0872. The van der Waals surface area contributed by atoms with E-state index in [2.05, 4.69) is 16.0 Å². The van der Waals surface area contributed by atoms with Gasteiger partial charge >= 0.3 is 12.1 Å². The molecule has 0 radical (unpaired) electrons. The Morgan fingerprint density at radius 2 is 1.62 bits per heavy atom. The van der Waals surface area contributed by atoms with Gasteiger partial charge < -0.3 is 26.0 Å². The summed E-state index contributed by atoms with van der Waals surface area (Å²) in [6.07, 6.45) is -4.61. The number of alkyl halides is 3. The van der Waals surface area contributed by atoms with Crippen LogP contribution >= 0.6 is 0 Å². The molecule has 1 fully saturated rings. The predicted octanol–water partition coefficient (Wildman–Crippen LogP) is 1.42. The first-order valence-electron chi connectivity index (χ1n) is 12.4. The van der Waals surface area contributed by atoms with Crippen LogP contribution in [0.4, 0.5) is 13.2 Å². The highest BCUT2D eigenvalue weighted by Crippen LogP contribution is 2.22. The molecule has 0 aliphatic carbocycles. The van der Waals surface area contributed by atoms with E-state index in [1.54, 1.807) is 0 Å². The van der Waals surface area contributed by atoms with E-state index in [1.165, 1.54) is 43.0 Å². The fourth-order valence-electron chi connectivity index (χ4n) is 4.03. The molecule has 39 heavy (non-hydrogen) atoms. The number of hydrogen-bond donors (Lipinski definition) is 4. The SMILES string of the molecule is CCC(NC(=O)[C@@H]1CCCN1C(=O)C(C)NC(=O)c1ccc(C(=O)NCCCC(=O)O)cc1)C(=O)C(F)(F)F. The summed E-state index contributed by atoms with van der Waals surface area (Å²) in [4.78, 5) is 73.6. The number of Topliss-reactive ketones (excluding diaryl/α,β-unsaturated/α-hetero) is 1. The van der Waals surface area contributed by atoms with Crippen molar-refractivity contribution in [3.63, 3.8) is 0 Å². The average molecular weight is 557 g/mol. The number of carboxylic acids is 1. The van der Waals surface area contributed by atoms with Gasteiger partial charge in [0.15, 0.2) is 0 Å². The maximum Gasteiger partial charge on any atom is 0.452 e. The van der Waals surface area contributed by atoms with Crippen LogP contribution in [0, 0.1) is 0 Å². The number of rotatable bonds is 12. The van der Waals surface area contributed by atoms with Crippen LogP contribution in [0.3, 0.4) is 0 Å². The zero-order valence-corrected chi connectivity index (χ0v) is 21.5. The number of aliphatic carboxylic acids is 1. The third-order valence-electron chi connectivity index (χ3n) is 6.14. The van der Waals surface area contributed by atoms with Crippen LogP contribution in [0.5, 0.6) is 0 Å². The zero-order chi connectivity index (χ0) is 29.3. The lowest BCUT2D eigenvalue weighted by atomic mass is 10.1. The van der Waals surface area contributed by atoms with Crippen LogP contribution in [-0.4, -0.2) is 82.8 Å². The molecule has 0 bridgehead atoms. The summed E-state index contributed by atoms with van der Waals surface area (Å²) in [5.74, 6) is -5.62. The van der Waals surface area contributed by atoms with Crippen LogP contribution < -0.4 is 16.0 Å². The number of hydrogen-bond acceptors (Lipinski definition) is 6. The summed E-state index contributed by atoms with van der Waals surface area (Å²) in [5.41, 5.74) is 0.385. The van der Waals surface area contributed by atoms with Gasteiger partial charge in [0, 0.05) is 30.6 Å². The molecule has 11 nitrogen and oxygen atoms in total. The van der Waals surface area contributed by atoms with Crippen molar-refractivity contribution in [2.45, 2.75) is 70.3 Å². The molecule has 2 rings (SSSR count). The monoisotopic (exact) mass is 556 g/mol. The van der Waals surface area contributed by atoms with Crippen LogP contribution in [0.15, 0.2) is 24.3 Å². The molecule has 1 heterocycles. The first kappa shape index (κ1) is 31.2. The third kappa shape index (κ3) is 8.79. The minimum atomic E-state index is -5.11. The molecule has 1 aliphatic rings. The van der Waals surface area contributed by atoms with E-state index in [-0.39, 0.29) is 49.9 Å². The Labute approximate surface area is 222 Å². The van der Waals surface area contributed by atoms with Gasteiger partial charge in [0.25, 0.3) is 17.6 Å². The highest BCUT2D eigenvalue weighted by atomic mass is 19.4. The van der Waals surface area contributed by atoms with Crippen molar-refractivity contribution >= 4 is 35.4 Å². The van der Waals surface area contributed by atoms with E-state index in [4.69, 9.17) is 5.11 Å². The summed E-state index contributed by atoms with van der Waals surface area (Å²) < 4.78 is 38.4.